The van der Waals surface area contributed by atoms with Gasteiger partial charge in [-0.05, 0) is 36.2 Å². The summed E-state index contributed by atoms with van der Waals surface area (Å²) in [4.78, 5) is 24.5. The zero-order valence-electron chi connectivity index (χ0n) is 13.9. The lowest BCUT2D eigenvalue weighted by atomic mass is 10.1. The van der Waals surface area contributed by atoms with E-state index in [-0.39, 0.29) is 23.0 Å². The van der Waals surface area contributed by atoms with Gasteiger partial charge in [0.2, 0.25) is 11.8 Å². The Hall–Kier alpha value is -2.61. The first-order chi connectivity index (χ1) is 12.4. The van der Waals surface area contributed by atoms with Gasteiger partial charge in [0.15, 0.2) is 11.0 Å². The van der Waals surface area contributed by atoms with Crippen LogP contribution in [0.1, 0.15) is 25.3 Å². The average molecular weight is 383 g/mol. The number of anilines is 1. The Morgan fingerprint density at radius 2 is 1.85 bits per heavy atom. The third kappa shape index (κ3) is 6.03. The van der Waals surface area contributed by atoms with Crippen LogP contribution in [0.2, 0.25) is 5.15 Å². The molecular weight excluding hydrogens is 366 g/mol. The average Bonchev–Trinajstić information content (AvgIpc) is 2.55. The molecule has 9 heteroatoms. The molecule has 2 rings (SSSR count). The van der Waals surface area contributed by atoms with Gasteiger partial charge in [-0.3, -0.25) is 9.59 Å². The number of hydrogen-bond donors (Lipinski definition) is 2. The summed E-state index contributed by atoms with van der Waals surface area (Å²) in [5.41, 5.74) is 0.180. The summed E-state index contributed by atoms with van der Waals surface area (Å²) in [6, 6.07) is 5.00. The molecule has 2 amide bonds. The smallest absolute Gasteiger partial charge is 0.248 e. The van der Waals surface area contributed by atoms with Crippen LogP contribution in [-0.2, 0) is 16.0 Å². The van der Waals surface area contributed by atoms with Crippen molar-refractivity contribution < 1.29 is 18.4 Å². The molecule has 1 aromatic heterocycles. The van der Waals surface area contributed by atoms with E-state index in [4.69, 9.17) is 11.6 Å². The van der Waals surface area contributed by atoms with Gasteiger partial charge in [0.1, 0.15) is 17.7 Å². The molecule has 1 heterocycles. The van der Waals surface area contributed by atoms with Gasteiger partial charge in [-0.15, -0.1) is 10.2 Å². The second kappa shape index (κ2) is 9.19. The van der Waals surface area contributed by atoms with Crippen molar-refractivity contribution in [1.82, 2.24) is 15.5 Å². The molecule has 6 nitrogen and oxygen atoms in total. The second-order valence-corrected chi connectivity index (χ2v) is 5.98. The maximum absolute atomic E-state index is 13.2. The van der Waals surface area contributed by atoms with Crippen molar-refractivity contribution in [2.24, 2.45) is 0 Å². The number of nitrogens with zero attached hydrogens (tertiary/aromatic N) is 2. The van der Waals surface area contributed by atoms with Crippen LogP contribution in [0.4, 0.5) is 14.6 Å². The van der Waals surface area contributed by atoms with E-state index in [9.17, 15) is 18.4 Å². The summed E-state index contributed by atoms with van der Waals surface area (Å²) in [6.45, 7) is 1.86. The molecule has 2 aromatic rings. The Labute approximate surface area is 154 Å². The first kappa shape index (κ1) is 19.7. The van der Waals surface area contributed by atoms with Gasteiger partial charge in [0, 0.05) is 6.07 Å². The van der Waals surface area contributed by atoms with Crippen LogP contribution >= 0.6 is 11.6 Å². The Bertz CT molecular complexity index is 767. The minimum atomic E-state index is -0.816. The zero-order valence-corrected chi connectivity index (χ0v) is 14.7. The molecule has 0 bridgehead atoms. The Balaban J connectivity index is 2.00. The Kier molecular flexibility index (Phi) is 6.97. The molecule has 0 aliphatic heterocycles. The number of halogens is 3. The fraction of sp³-hybridized carbons (Fsp3) is 0.294. The molecule has 0 aliphatic carbocycles. The van der Waals surface area contributed by atoms with E-state index in [1.165, 1.54) is 12.1 Å². The van der Waals surface area contributed by atoms with E-state index in [1.807, 2.05) is 6.92 Å². The highest BCUT2D eigenvalue weighted by molar-refractivity contribution is 6.29. The normalized spacial score (nSPS) is 11.7. The quantitative estimate of drug-likeness (QED) is 0.771. The number of amides is 2. The summed E-state index contributed by atoms with van der Waals surface area (Å²) in [6.07, 6.45) is 0.776. The van der Waals surface area contributed by atoms with Gasteiger partial charge >= 0.3 is 0 Å². The molecule has 1 unspecified atom stereocenters. The third-order valence-electron chi connectivity index (χ3n) is 3.40. The number of nitrogens with one attached hydrogen (secondary N) is 2. The van der Waals surface area contributed by atoms with Gasteiger partial charge < -0.3 is 10.6 Å². The fourth-order valence-corrected chi connectivity index (χ4v) is 2.40. The largest absolute Gasteiger partial charge is 0.344 e. The molecule has 0 spiro atoms. The van der Waals surface area contributed by atoms with Gasteiger partial charge in [-0.25, -0.2) is 8.78 Å². The minimum Gasteiger partial charge on any atom is -0.344 e. The minimum absolute atomic E-state index is 0.180. The molecule has 1 atom stereocenters. The van der Waals surface area contributed by atoms with E-state index in [0.29, 0.717) is 12.8 Å². The molecule has 138 valence electrons. The highest BCUT2D eigenvalue weighted by atomic mass is 35.5. The SMILES string of the molecule is CCCC(NC(=O)Cc1cc(F)cc(F)c1)C(=O)Nc1ccc(Cl)nn1. The molecular formula is C17H17ClF2N4O2. The van der Waals surface area contributed by atoms with Crippen molar-refractivity contribution in [2.75, 3.05) is 5.32 Å². The van der Waals surface area contributed by atoms with Crippen molar-refractivity contribution in [2.45, 2.75) is 32.2 Å². The predicted molar refractivity (Wildman–Crippen MR) is 92.6 cm³/mol. The molecule has 2 N–H and O–H groups in total. The lowest BCUT2D eigenvalue weighted by Gasteiger charge is -2.17. The summed E-state index contributed by atoms with van der Waals surface area (Å²) >= 11 is 5.63. The zero-order chi connectivity index (χ0) is 19.1. The van der Waals surface area contributed by atoms with Crippen LogP contribution in [-0.4, -0.2) is 28.1 Å². The van der Waals surface area contributed by atoms with Crippen LogP contribution in [0.5, 0.6) is 0 Å². The van der Waals surface area contributed by atoms with Crippen molar-refractivity contribution in [1.29, 1.82) is 0 Å². The van der Waals surface area contributed by atoms with Gasteiger partial charge in [0.25, 0.3) is 0 Å². The van der Waals surface area contributed by atoms with Gasteiger partial charge in [-0.2, -0.15) is 0 Å². The van der Waals surface area contributed by atoms with Crippen LogP contribution in [0.3, 0.4) is 0 Å². The summed E-state index contributed by atoms with van der Waals surface area (Å²) in [5.74, 6) is -2.33. The number of aromatic nitrogens is 2. The van der Waals surface area contributed by atoms with Gasteiger partial charge in [-0.1, -0.05) is 24.9 Å². The van der Waals surface area contributed by atoms with Crippen LogP contribution in [0.25, 0.3) is 0 Å². The third-order valence-corrected chi connectivity index (χ3v) is 3.60. The first-order valence-corrected chi connectivity index (χ1v) is 8.29. The van der Waals surface area contributed by atoms with E-state index in [1.54, 1.807) is 0 Å². The fourth-order valence-electron chi connectivity index (χ4n) is 2.30. The van der Waals surface area contributed by atoms with E-state index >= 15 is 0 Å². The van der Waals surface area contributed by atoms with E-state index in [2.05, 4.69) is 20.8 Å². The number of carbonyl (C=O) groups is 2. The molecule has 0 aliphatic rings. The van der Waals surface area contributed by atoms with Crippen molar-refractivity contribution in [3.8, 4) is 0 Å². The Morgan fingerprint density at radius 3 is 2.42 bits per heavy atom. The lowest BCUT2D eigenvalue weighted by Crippen LogP contribution is -2.44. The monoisotopic (exact) mass is 382 g/mol. The van der Waals surface area contributed by atoms with E-state index < -0.39 is 29.5 Å². The molecule has 0 saturated carbocycles. The molecule has 26 heavy (non-hydrogen) atoms. The summed E-state index contributed by atoms with van der Waals surface area (Å²) in [7, 11) is 0. The highest BCUT2D eigenvalue weighted by Crippen LogP contribution is 2.10. The van der Waals surface area contributed by atoms with Crippen LogP contribution in [0, 0.1) is 11.6 Å². The highest BCUT2D eigenvalue weighted by Gasteiger charge is 2.21. The Morgan fingerprint density at radius 1 is 1.15 bits per heavy atom. The second-order valence-electron chi connectivity index (χ2n) is 5.59. The molecule has 0 radical (unpaired) electrons. The number of rotatable bonds is 7. The summed E-state index contributed by atoms with van der Waals surface area (Å²) in [5, 5.41) is 12.6. The number of hydrogen-bond acceptors (Lipinski definition) is 4. The molecule has 0 saturated heterocycles. The maximum Gasteiger partial charge on any atom is 0.248 e. The molecule has 1 aromatic carbocycles. The standard InChI is InChI=1S/C17H17ClF2N4O2/c1-2-3-13(17(26)22-15-5-4-14(18)23-24-15)21-16(25)8-10-6-11(19)9-12(20)7-10/h4-7,9,13H,2-3,8H2,1H3,(H,21,25)(H,22,24,26). The van der Waals surface area contributed by atoms with Crippen molar-refractivity contribution in [3.05, 3.63) is 52.7 Å². The van der Waals surface area contributed by atoms with Crippen molar-refractivity contribution in [3.63, 3.8) is 0 Å². The van der Waals surface area contributed by atoms with Crippen molar-refractivity contribution >= 4 is 29.2 Å². The van der Waals surface area contributed by atoms with Gasteiger partial charge in [0.05, 0.1) is 6.42 Å². The van der Waals surface area contributed by atoms with E-state index in [0.717, 1.165) is 18.2 Å². The maximum atomic E-state index is 13.2. The lowest BCUT2D eigenvalue weighted by molar-refractivity contribution is -0.126. The molecule has 0 fully saturated rings. The topological polar surface area (TPSA) is 84.0 Å². The number of benzene rings is 1. The van der Waals surface area contributed by atoms with Crippen LogP contribution in [0.15, 0.2) is 30.3 Å². The number of carbonyl (C=O) groups excluding carboxylic acids is 2. The first-order valence-electron chi connectivity index (χ1n) is 7.91. The predicted octanol–water partition coefficient (Wildman–Crippen LogP) is 2.87. The van der Waals surface area contributed by atoms with Crippen LogP contribution < -0.4 is 10.6 Å². The summed E-state index contributed by atoms with van der Waals surface area (Å²) < 4.78 is 26.4.